The van der Waals surface area contributed by atoms with Gasteiger partial charge in [-0.25, -0.2) is 4.98 Å². The van der Waals surface area contributed by atoms with Crippen LogP contribution in [0.1, 0.15) is 42.0 Å². The van der Waals surface area contributed by atoms with Crippen LogP contribution in [-0.2, 0) is 23.2 Å². The Morgan fingerprint density at radius 2 is 1.97 bits per heavy atom. The molecular weight excluding hydrogens is 410 g/mol. The predicted octanol–water partition coefficient (Wildman–Crippen LogP) is 1.67. The highest BCUT2D eigenvalue weighted by molar-refractivity contribution is 5.96. The van der Waals surface area contributed by atoms with E-state index in [1.807, 2.05) is 12.1 Å². The molecule has 1 aliphatic carbocycles. The zero-order chi connectivity index (χ0) is 21.9. The minimum atomic E-state index is -0.741. The molecule has 2 aliphatic heterocycles. The second-order valence-electron chi connectivity index (χ2n) is 9.08. The number of nitrogens with zero attached hydrogens (tertiary/aromatic N) is 5. The molecule has 9 heteroatoms. The number of hydrogen-bond donors (Lipinski definition) is 1. The molecule has 5 heterocycles. The number of carbonyl (C=O) groups is 1. The summed E-state index contributed by atoms with van der Waals surface area (Å²) in [6.07, 6.45) is 8.42. The average molecular weight is 435 g/mol. The molecule has 166 valence electrons. The van der Waals surface area contributed by atoms with Gasteiger partial charge in [-0.2, -0.15) is 4.98 Å². The fourth-order valence-corrected chi connectivity index (χ4v) is 5.56. The summed E-state index contributed by atoms with van der Waals surface area (Å²) in [6.45, 7) is 1.99. The van der Waals surface area contributed by atoms with Gasteiger partial charge in [-0.1, -0.05) is 12.8 Å². The maximum Gasteiger partial charge on any atom is 0.315 e. The summed E-state index contributed by atoms with van der Waals surface area (Å²) >= 11 is 0. The van der Waals surface area contributed by atoms with Crippen molar-refractivity contribution in [3.05, 3.63) is 52.5 Å². The van der Waals surface area contributed by atoms with E-state index in [4.69, 9.17) is 4.74 Å². The first kappa shape index (κ1) is 19.5. The number of carbonyl (C=O) groups excluding carboxylic acids is 1. The van der Waals surface area contributed by atoms with Crippen molar-refractivity contribution in [1.82, 2.24) is 24.0 Å². The molecule has 6 rings (SSSR count). The molecule has 3 aliphatic rings. The Morgan fingerprint density at radius 1 is 1.16 bits per heavy atom. The normalized spacial score (nSPS) is 20.5. The number of aromatic hydroxyl groups is 1. The van der Waals surface area contributed by atoms with Gasteiger partial charge in [0.05, 0.1) is 24.8 Å². The van der Waals surface area contributed by atoms with Gasteiger partial charge in [0.25, 0.3) is 5.91 Å². The third-order valence-corrected chi connectivity index (χ3v) is 7.31. The Morgan fingerprint density at radius 3 is 2.72 bits per heavy atom. The summed E-state index contributed by atoms with van der Waals surface area (Å²) in [5.74, 6) is -0.325. The van der Waals surface area contributed by atoms with Crippen LogP contribution >= 0.6 is 0 Å². The average Bonchev–Trinajstić information content (AvgIpc) is 3.39. The molecule has 0 spiro atoms. The topological polar surface area (TPSA) is 102 Å². The maximum atomic E-state index is 13.2. The van der Waals surface area contributed by atoms with Crippen LogP contribution in [0.4, 0.5) is 0 Å². The van der Waals surface area contributed by atoms with Gasteiger partial charge in [-0.15, -0.1) is 0 Å². The standard InChI is InChI=1S/C23H25N5O4/c29-19-18-22(31)26(16-13-32-14-16)10-11-27(18)17(25-21(19)30)12-23(6-1-2-7-23)28-9-5-15-4-3-8-24-20(15)28/h3-5,8-9,16,29H,1-2,6-7,10-14H2. The fourth-order valence-electron chi connectivity index (χ4n) is 5.56. The summed E-state index contributed by atoms with van der Waals surface area (Å²) in [4.78, 5) is 36.4. The summed E-state index contributed by atoms with van der Waals surface area (Å²) in [5, 5.41) is 11.6. The lowest BCUT2D eigenvalue weighted by atomic mass is 9.91. The lowest BCUT2D eigenvalue weighted by Crippen LogP contribution is -2.55. The first-order valence-electron chi connectivity index (χ1n) is 11.2. The first-order valence-corrected chi connectivity index (χ1v) is 11.2. The molecule has 3 aromatic heterocycles. The van der Waals surface area contributed by atoms with Crippen LogP contribution in [0.15, 0.2) is 35.4 Å². The van der Waals surface area contributed by atoms with Crippen LogP contribution in [0.2, 0.25) is 0 Å². The molecule has 1 N–H and O–H groups in total. The molecule has 0 unspecified atom stereocenters. The minimum absolute atomic E-state index is 0.000791. The van der Waals surface area contributed by atoms with Gasteiger partial charge in [-0.05, 0) is 31.0 Å². The number of ether oxygens (including phenoxy) is 1. The van der Waals surface area contributed by atoms with Crippen molar-refractivity contribution < 1.29 is 14.6 Å². The first-order chi connectivity index (χ1) is 15.6. The van der Waals surface area contributed by atoms with Gasteiger partial charge in [0.2, 0.25) is 5.75 Å². The van der Waals surface area contributed by atoms with Gasteiger partial charge in [0, 0.05) is 37.3 Å². The number of pyridine rings is 1. The Hall–Kier alpha value is -3.20. The van der Waals surface area contributed by atoms with E-state index in [0.717, 1.165) is 36.7 Å². The smallest absolute Gasteiger partial charge is 0.315 e. The molecule has 0 atom stereocenters. The highest BCUT2D eigenvalue weighted by Gasteiger charge is 2.41. The molecular formula is C23H25N5O4. The summed E-state index contributed by atoms with van der Waals surface area (Å²) in [6, 6.07) is 6.04. The van der Waals surface area contributed by atoms with E-state index in [9.17, 15) is 14.7 Å². The Kier molecular flexibility index (Phi) is 4.36. The number of aromatic nitrogens is 4. The molecule has 2 fully saturated rings. The van der Waals surface area contributed by atoms with E-state index in [0.29, 0.717) is 38.5 Å². The van der Waals surface area contributed by atoms with E-state index in [1.54, 1.807) is 15.7 Å². The van der Waals surface area contributed by atoms with E-state index < -0.39 is 11.3 Å². The number of fused-ring (bicyclic) bond motifs is 2. The number of amides is 1. The lowest BCUT2D eigenvalue weighted by Gasteiger charge is -2.41. The van der Waals surface area contributed by atoms with Crippen molar-refractivity contribution in [2.45, 2.75) is 50.2 Å². The third-order valence-electron chi connectivity index (χ3n) is 7.31. The fraction of sp³-hybridized carbons (Fsp3) is 0.478. The van der Waals surface area contributed by atoms with Crippen molar-refractivity contribution >= 4 is 16.9 Å². The summed E-state index contributed by atoms with van der Waals surface area (Å²) < 4.78 is 9.22. The van der Waals surface area contributed by atoms with E-state index in [1.165, 1.54) is 0 Å². The molecule has 0 bridgehead atoms. The van der Waals surface area contributed by atoms with Crippen molar-refractivity contribution in [3.63, 3.8) is 0 Å². The van der Waals surface area contributed by atoms with Crippen molar-refractivity contribution in [2.75, 3.05) is 19.8 Å². The van der Waals surface area contributed by atoms with Crippen molar-refractivity contribution in [1.29, 1.82) is 0 Å². The van der Waals surface area contributed by atoms with Crippen LogP contribution in [0, 0.1) is 0 Å². The number of hydrogen-bond acceptors (Lipinski definition) is 6. The van der Waals surface area contributed by atoms with Gasteiger partial charge >= 0.3 is 5.56 Å². The van der Waals surface area contributed by atoms with Crippen LogP contribution in [-0.4, -0.2) is 60.8 Å². The zero-order valence-electron chi connectivity index (χ0n) is 17.7. The summed E-state index contributed by atoms with van der Waals surface area (Å²) in [7, 11) is 0. The molecule has 9 nitrogen and oxygen atoms in total. The Bertz CT molecular complexity index is 1270. The van der Waals surface area contributed by atoms with Gasteiger partial charge in [-0.3, -0.25) is 9.59 Å². The molecule has 32 heavy (non-hydrogen) atoms. The van der Waals surface area contributed by atoms with E-state index in [-0.39, 0.29) is 23.2 Å². The van der Waals surface area contributed by atoms with Gasteiger partial charge in [0.1, 0.15) is 11.5 Å². The quantitative estimate of drug-likeness (QED) is 0.669. The molecule has 3 aromatic rings. The molecule has 0 radical (unpaired) electrons. The summed E-state index contributed by atoms with van der Waals surface area (Å²) in [5.41, 5.74) is -0.0340. The van der Waals surface area contributed by atoms with Crippen molar-refractivity contribution in [2.24, 2.45) is 0 Å². The molecule has 1 amide bonds. The lowest BCUT2D eigenvalue weighted by molar-refractivity contribution is -0.0575. The highest BCUT2D eigenvalue weighted by Crippen LogP contribution is 2.41. The largest absolute Gasteiger partial charge is 0.501 e. The highest BCUT2D eigenvalue weighted by atomic mass is 16.5. The van der Waals surface area contributed by atoms with Crippen LogP contribution in [0.3, 0.4) is 0 Å². The van der Waals surface area contributed by atoms with Gasteiger partial charge < -0.3 is 23.9 Å². The Balaban J connectivity index is 1.45. The maximum absolute atomic E-state index is 13.2. The second-order valence-corrected chi connectivity index (χ2v) is 9.08. The van der Waals surface area contributed by atoms with Crippen molar-refractivity contribution in [3.8, 4) is 5.75 Å². The number of rotatable bonds is 4. The van der Waals surface area contributed by atoms with Gasteiger partial charge in [0.15, 0.2) is 5.69 Å². The molecule has 0 aromatic carbocycles. The molecule has 1 saturated carbocycles. The predicted molar refractivity (Wildman–Crippen MR) is 116 cm³/mol. The molecule has 1 saturated heterocycles. The van der Waals surface area contributed by atoms with Crippen LogP contribution in [0.5, 0.6) is 5.75 Å². The van der Waals surface area contributed by atoms with Crippen LogP contribution < -0.4 is 5.56 Å². The third kappa shape index (κ3) is 2.80. The minimum Gasteiger partial charge on any atom is -0.501 e. The second kappa shape index (κ2) is 7.16. The van der Waals surface area contributed by atoms with Crippen LogP contribution in [0.25, 0.3) is 11.0 Å². The SMILES string of the molecule is O=C1c2c(O)c(=O)nc(CC3(n4ccc5cccnc54)CCCC3)n2CCN1C1COC1. The Labute approximate surface area is 184 Å². The zero-order valence-corrected chi connectivity index (χ0v) is 17.7. The monoisotopic (exact) mass is 435 g/mol. The van der Waals surface area contributed by atoms with E-state index in [2.05, 4.69) is 26.8 Å². The van der Waals surface area contributed by atoms with E-state index >= 15 is 0 Å².